The number of aromatic hydroxyl groups is 1. The summed E-state index contributed by atoms with van der Waals surface area (Å²) in [5.41, 5.74) is 0.689. The average Bonchev–Trinajstić information content (AvgIpc) is 2.59. The van der Waals surface area contributed by atoms with Gasteiger partial charge in [0.15, 0.2) is 19.9 Å². The highest BCUT2D eigenvalue weighted by atomic mass is 31.2. The summed E-state index contributed by atoms with van der Waals surface area (Å²) < 4.78 is 5.22. The number of piperazine rings is 1. The molecule has 2 heterocycles. The molecule has 1 aliphatic heterocycles. The Hall–Kier alpha value is -1.73. The Kier molecular flexibility index (Phi) is 5.54. The molecule has 25 heavy (non-hydrogen) atoms. The maximum Gasteiger partial charge on any atom is 0.166 e. The Morgan fingerprint density at radius 3 is 2.52 bits per heavy atom. The molecule has 8 nitrogen and oxygen atoms in total. The number of aromatic nitrogens is 2. The first-order chi connectivity index (χ1) is 12.0. The van der Waals surface area contributed by atoms with Crippen molar-refractivity contribution in [2.45, 2.75) is 6.92 Å². The smallest absolute Gasteiger partial charge is 0.166 e. The molecule has 1 fully saturated rings. The van der Waals surface area contributed by atoms with Crippen molar-refractivity contribution in [2.24, 2.45) is 0 Å². The zero-order valence-electron chi connectivity index (χ0n) is 14.4. The van der Waals surface area contributed by atoms with Crippen LogP contribution in [-0.4, -0.2) is 75.8 Å². The highest BCUT2D eigenvalue weighted by Crippen LogP contribution is 2.34. The van der Waals surface area contributed by atoms with E-state index in [1.54, 1.807) is 12.1 Å². The quantitative estimate of drug-likeness (QED) is 0.676. The van der Waals surface area contributed by atoms with Crippen LogP contribution in [0.3, 0.4) is 0 Å². The van der Waals surface area contributed by atoms with Gasteiger partial charge in [-0.15, -0.1) is 0 Å². The predicted octanol–water partition coefficient (Wildman–Crippen LogP) is 1.07. The Balaban J connectivity index is 1.84. The monoisotopic (exact) mass is 366 g/mol. The minimum atomic E-state index is -1.83. The summed E-state index contributed by atoms with van der Waals surface area (Å²) in [5.74, 6) is 1.96. The van der Waals surface area contributed by atoms with Crippen LogP contribution in [0.25, 0.3) is 10.9 Å². The molecule has 0 spiro atoms. The second kappa shape index (κ2) is 7.66. The van der Waals surface area contributed by atoms with Gasteiger partial charge in [0.25, 0.3) is 0 Å². The van der Waals surface area contributed by atoms with Gasteiger partial charge in [0.2, 0.25) is 0 Å². The van der Waals surface area contributed by atoms with Crippen molar-refractivity contribution in [1.82, 2.24) is 14.9 Å². The first-order valence-corrected chi connectivity index (χ1v) is 9.59. The normalized spacial score (nSPS) is 16.0. The number of methoxy groups -OCH3 is 1. The van der Waals surface area contributed by atoms with Crippen LogP contribution in [0.5, 0.6) is 11.5 Å². The number of hydrogen-bond donors (Lipinski definition) is 3. The number of rotatable bonds is 5. The second-order valence-electron chi connectivity index (χ2n) is 6.06. The lowest BCUT2D eigenvalue weighted by Crippen LogP contribution is -2.47. The fraction of sp³-hybridized carbons (Fsp3) is 0.500. The van der Waals surface area contributed by atoms with E-state index < -0.39 is 8.38 Å². The van der Waals surface area contributed by atoms with Crippen LogP contribution >= 0.6 is 8.38 Å². The molecule has 136 valence electrons. The minimum absolute atomic E-state index is 0.0633. The first kappa shape index (κ1) is 18.1. The number of aryl methyl sites for hydroxylation is 1. The summed E-state index contributed by atoms with van der Waals surface area (Å²) in [6, 6.07) is 3.38. The summed E-state index contributed by atoms with van der Waals surface area (Å²) in [7, 11) is -0.311. The molecular formula is C16H23N4O4P. The number of ether oxygens (including phenoxy) is 1. The Labute approximate surface area is 147 Å². The number of hydrogen-bond acceptors (Lipinski definition) is 8. The van der Waals surface area contributed by atoms with Gasteiger partial charge in [-0.3, -0.25) is 4.90 Å². The molecule has 2 aromatic rings. The highest BCUT2D eigenvalue weighted by molar-refractivity contribution is 7.45. The maximum absolute atomic E-state index is 9.99. The highest BCUT2D eigenvalue weighted by Gasteiger charge is 2.21. The molecule has 1 saturated heterocycles. The molecule has 3 N–H and O–H groups in total. The molecule has 0 aliphatic carbocycles. The van der Waals surface area contributed by atoms with Gasteiger partial charge in [-0.25, -0.2) is 9.97 Å². The number of phenols is 1. The van der Waals surface area contributed by atoms with Gasteiger partial charge in [0, 0.05) is 50.3 Å². The van der Waals surface area contributed by atoms with Gasteiger partial charge in [-0.05, 0) is 13.0 Å². The number of nitrogens with zero attached hydrogens (tertiary/aromatic N) is 4. The molecule has 0 unspecified atom stereocenters. The molecule has 9 heteroatoms. The van der Waals surface area contributed by atoms with E-state index in [2.05, 4.69) is 19.8 Å². The van der Waals surface area contributed by atoms with E-state index in [4.69, 9.17) is 14.5 Å². The zero-order valence-corrected chi connectivity index (χ0v) is 15.3. The molecule has 0 saturated carbocycles. The molecule has 1 aliphatic rings. The van der Waals surface area contributed by atoms with Crippen LogP contribution in [0.2, 0.25) is 0 Å². The van der Waals surface area contributed by atoms with Crippen LogP contribution in [0.4, 0.5) is 5.82 Å². The number of anilines is 1. The SMILES string of the molecule is COc1cc2c(N3CCN(CCP(O)O)CC3)nc(C)nc2cc1O. The van der Waals surface area contributed by atoms with Crippen molar-refractivity contribution in [3.63, 3.8) is 0 Å². The van der Waals surface area contributed by atoms with Crippen molar-refractivity contribution in [1.29, 1.82) is 0 Å². The van der Waals surface area contributed by atoms with Gasteiger partial charge in [-0.2, -0.15) is 0 Å². The van der Waals surface area contributed by atoms with Crippen LogP contribution in [-0.2, 0) is 0 Å². The van der Waals surface area contributed by atoms with Crippen LogP contribution in [0, 0.1) is 6.92 Å². The van der Waals surface area contributed by atoms with Crippen molar-refractivity contribution in [3.05, 3.63) is 18.0 Å². The summed E-state index contributed by atoms with van der Waals surface area (Å²) in [5, 5.41) is 10.8. The summed E-state index contributed by atoms with van der Waals surface area (Å²) >= 11 is 0. The first-order valence-electron chi connectivity index (χ1n) is 8.16. The molecule has 0 radical (unpaired) electrons. The molecule has 1 aromatic heterocycles. The standard InChI is InChI=1S/C16H23N4O4P/c1-11-17-13-10-14(21)15(24-2)9-12(13)16(18-11)20-5-3-19(4-6-20)7-8-25(22)23/h9-10,21-23H,3-8H2,1-2H3. The maximum atomic E-state index is 9.99. The summed E-state index contributed by atoms with van der Waals surface area (Å²) in [4.78, 5) is 31.6. The molecule has 0 bridgehead atoms. The zero-order chi connectivity index (χ0) is 18.0. The van der Waals surface area contributed by atoms with Crippen molar-refractivity contribution in [2.75, 3.05) is 50.9 Å². The fourth-order valence-electron chi connectivity index (χ4n) is 3.06. The largest absolute Gasteiger partial charge is 0.504 e. The van der Waals surface area contributed by atoms with E-state index in [-0.39, 0.29) is 5.75 Å². The molecular weight excluding hydrogens is 343 g/mol. The Bertz CT molecular complexity index is 750. The van der Waals surface area contributed by atoms with Crippen LogP contribution in [0.1, 0.15) is 5.82 Å². The lowest BCUT2D eigenvalue weighted by Gasteiger charge is -2.36. The van der Waals surface area contributed by atoms with E-state index in [9.17, 15) is 5.11 Å². The van der Waals surface area contributed by atoms with E-state index in [0.717, 1.165) is 37.4 Å². The van der Waals surface area contributed by atoms with Crippen molar-refractivity contribution < 1.29 is 19.6 Å². The minimum Gasteiger partial charge on any atom is -0.504 e. The van der Waals surface area contributed by atoms with Crippen LogP contribution in [0.15, 0.2) is 12.1 Å². The molecule has 0 amide bonds. The third-order valence-electron chi connectivity index (χ3n) is 4.38. The lowest BCUT2D eigenvalue weighted by atomic mass is 10.2. The topological polar surface area (TPSA) is 102 Å². The third kappa shape index (κ3) is 4.10. The number of benzene rings is 1. The molecule has 1 aromatic carbocycles. The molecule has 3 rings (SSSR count). The average molecular weight is 366 g/mol. The van der Waals surface area contributed by atoms with Crippen molar-refractivity contribution in [3.8, 4) is 11.5 Å². The van der Waals surface area contributed by atoms with Gasteiger partial charge in [0.1, 0.15) is 11.6 Å². The van der Waals surface area contributed by atoms with Gasteiger partial charge in [-0.1, -0.05) is 0 Å². The van der Waals surface area contributed by atoms with Crippen LogP contribution < -0.4 is 9.64 Å². The molecule has 0 atom stereocenters. The van der Waals surface area contributed by atoms with Gasteiger partial charge < -0.3 is 24.5 Å². The van der Waals surface area contributed by atoms with E-state index >= 15 is 0 Å². The number of fused-ring (bicyclic) bond motifs is 1. The van der Waals surface area contributed by atoms with E-state index in [0.29, 0.717) is 29.8 Å². The Morgan fingerprint density at radius 1 is 1.16 bits per heavy atom. The summed E-state index contributed by atoms with van der Waals surface area (Å²) in [6.07, 6.45) is 0.418. The second-order valence-corrected chi connectivity index (χ2v) is 7.25. The van der Waals surface area contributed by atoms with Crippen molar-refractivity contribution >= 4 is 25.1 Å². The summed E-state index contributed by atoms with van der Waals surface area (Å²) in [6.45, 7) is 5.79. The van der Waals surface area contributed by atoms with E-state index in [1.807, 2.05) is 6.92 Å². The lowest BCUT2D eigenvalue weighted by molar-refractivity contribution is 0.269. The van der Waals surface area contributed by atoms with Gasteiger partial charge >= 0.3 is 0 Å². The van der Waals surface area contributed by atoms with Gasteiger partial charge in [0.05, 0.1) is 12.6 Å². The third-order valence-corrected chi connectivity index (χ3v) is 4.98. The Morgan fingerprint density at radius 2 is 1.88 bits per heavy atom. The predicted molar refractivity (Wildman–Crippen MR) is 97.4 cm³/mol. The fourth-order valence-corrected chi connectivity index (χ4v) is 3.52. The van der Waals surface area contributed by atoms with E-state index in [1.165, 1.54) is 7.11 Å². The number of phenolic OH excluding ortho intramolecular Hbond substituents is 1.